The van der Waals surface area contributed by atoms with E-state index >= 15 is 0 Å². The Kier molecular flexibility index (Phi) is 8.12. The highest BCUT2D eigenvalue weighted by atomic mass is 32.2. The molecule has 0 spiro atoms. The van der Waals surface area contributed by atoms with E-state index in [2.05, 4.69) is 25.2 Å². The lowest BCUT2D eigenvalue weighted by atomic mass is 10.1. The number of piperidine rings is 1. The number of nitrogens with zero attached hydrogens (tertiary/aromatic N) is 4. The first kappa shape index (κ1) is 24.2. The minimum Gasteiger partial charge on any atom is -0.433 e. The number of carbonyl (C=O) groups is 1. The zero-order valence-corrected chi connectivity index (χ0v) is 19.7. The third-order valence-corrected chi connectivity index (χ3v) is 6.58. The maximum absolute atomic E-state index is 12.9. The summed E-state index contributed by atoms with van der Waals surface area (Å²) in [5, 5.41) is 11.6. The molecule has 1 aromatic heterocycles. The van der Waals surface area contributed by atoms with Crippen molar-refractivity contribution >= 4 is 23.4 Å². The molecule has 3 aromatic rings. The number of nitrogens with one attached hydrogen (secondary N) is 1. The van der Waals surface area contributed by atoms with Crippen LogP contribution in [0.4, 0.5) is 14.5 Å². The van der Waals surface area contributed by atoms with Crippen LogP contribution in [0.5, 0.6) is 5.75 Å². The van der Waals surface area contributed by atoms with Gasteiger partial charge in [-0.1, -0.05) is 48.5 Å². The van der Waals surface area contributed by atoms with E-state index in [0.29, 0.717) is 11.7 Å². The number of ether oxygens (including phenoxy) is 1. The molecule has 10 heteroatoms. The molecular formula is C24H27F2N5O2S. The fourth-order valence-electron chi connectivity index (χ4n) is 3.85. The molecule has 2 heterocycles. The zero-order valence-electron chi connectivity index (χ0n) is 18.9. The second kappa shape index (κ2) is 11.4. The second-order valence-corrected chi connectivity index (χ2v) is 9.34. The Morgan fingerprint density at radius 2 is 1.76 bits per heavy atom. The number of benzene rings is 2. The van der Waals surface area contributed by atoms with Gasteiger partial charge in [0.15, 0.2) is 11.0 Å². The lowest BCUT2D eigenvalue weighted by Crippen LogP contribution is -2.30. The number of hydrogen-bond acceptors (Lipinski definition) is 6. The summed E-state index contributed by atoms with van der Waals surface area (Å²) in [4.78, 5) is 15.3. The first-order valence-electron chi connectivity index (χ1n) is 11.2. The predicted molar refractivity (Wildman–Crippen MR) is 128 cm³/mol. The van der Waals surface area contributed by atoms with E-state index in [4.69, 9.17) is 0 Å². The quantitative estimate of drug-likeness (QED) is 0.430. The SMILES string of the molecule is CC(Sc1nnc(CN2CCCCC2)n1-c1ccccc1)C(=O)Nc1ccccc1OC(F)F. The average Bonchev–Trinajstić information content (AvgIpc) is 3.22. The Bertz CT molecular complexity index is 1090. The molecule has 0 aliphatic carbocycles. The van der Waals surface area contributed by atoms with Crippen LogP contribution in [0.25, 0.3) is 5.69 Å². The summed E-state index contributed by atoms with van der Waals surface area (Å²) in [6.45, 7) is 1.51. The number of aromatic nitrogens is 3. The number of likely N-dealkylation sites (tertiary alicyclic amines) is 1. The van der Waals surface area contributed by atoms with Crippen LogP contribution >= 0.6 is 11.8 Å². The number of hydrogen-bond donors (Lipinski definition) is 1. The molecule has 1 amide bonds. The van der Waals surface area contributed by atoms with Crippen molar-refractivity contribution in [3.05, 3.63) is 60.4 Å². The lowest BCUT2D eigenvalue weighted by Gasteiger charge is -2.26. The molecule has 0 radical (unpaired) electrons. The minimum absolute atomic E-state index is 0.0840. The van der Waals surface area contributed by atoms with Crippen molar-refractivity contribution in [1.82, 2.24) is 19.7 Å². The molecule has 1 aliphatic heterocycles. The summed E-state index contributed by atoms with van der Waals surface area (Å²) < 4.78 is 31.9. The Labute approximate surface area is 201 Å². The normalized spacial score (nSPS) is 15.3. The highest BCUT2D eigenvalue weighted by Gasteiger charge is 2.23. The van der Waals surface area contributed by atoms with Crippen LogP contribution < -0.4 is 10.1 Å². The van der Waals surface area contributed by atoms with Crippen molar-refractivity contribution in [2.75, 3.05) is 18.4 Å². The van der Waals surface area contributed by atoms with Crippen molar-refractivity contribution in [3.63, 3.8) is 0 Å². The average molecular weight is 488 g/mol. The van der Waals surface area contributed by atoms with Gasteiger partial charge in [-0.05, 0) is 57.1 Å². The Morgan fingerprint density at radius 1 is 1.06 bits per heavy atom. The van der Waals surface area contributed by atoms with E-state index in [9.17, 15) is 13.6 Å². The van der Waals surface area contributed by atoms with Gasteiger partial charge in [-0.3, -0.25) is 14.3 Å². The molecular weight excluding hydrogens is 460 g/mol. The molecule has 7 nitrogen and oxygen atoms in total. The molecule has 1 saturated heterocycles. The van der Waals surface area contributed by atoms with Crippen molar-refractivity contribution in [2.45, 2.75) is 49.7 Å². The lowest BCUT2D eigenvalue weighted by molar-refractivity contribution is -0.115. The zero-order chi connectivity index (χ0) is 23.9. The molecule has 1 aliphatic rings. The summed E-state index contributed by atoms with van der Waals surface area (Å²) >= 11 is 1.26. The number of thioether (sulfide) groups is 1. The van der Waals surface area contributed by atoms with Gasteiger partial charge in [0.1, 0.15) is 5.75 Å². The van der Waals surface area contributed by atoms with E-state index < -0.39 is 11.9 Å². The summed E-state index contributed by atoms with van der Waals surface area (Å²) in [5.74, 6) is 0.383. The Hall–Kier alpha value is -2.98. The Balaban J connectivity index is 1.52. The molecule has 4 rings (SSSR count). The van der Waals surface area contributed by atoms with Crippen molar-refractivity contribution in [3.8, 4) is 11.4 Å². The van der Waals surface area contributed by atoms with E-state index in [1.165, 1.54) is 43.2 Å². The monoisotopic (exact) mass is 487 g/mol. The third-order valence-electron chi connectivity index (χ3n) is 5.54. The molecule has 1 N–H and O–H groups in total. The fraction of sp³-hybridized carbons (Fsp3) is 0.375. The predicted octanol–water partition coefficient (Wildman–Crippen LogP) is 4.97. The van der Waals surface area contributed by atoms with Crippen LogP contribution in [0, 0.1) is 0 Å². The van der Waals surface area contributed by atoms with Gasteiger partial charge < -0.3 is 10.1 Å². The summed E-state index contributed by atoms with van der Waals surface area (Å²) in [7, 11) is 0. The molecule has 34 heavy (non-hydrogen) atoms. The number of rotatable bonds is 9. The van der Waals surface area contributed by atoms with Gasteiger partial charge in [0.05, 0.1) is 17.5 Å². The summed E-state index contributed by atoms with van der Waals surface area (Å²) in [5.41, 5.74) is 1.11. The molecule has 0 bridgehead atoms. The van der Waals surface area contributed by atoms with Gasteiger partial charge in [0.2, 0.25) is 5.91 Å². The van der Waals surface area contributed by atoms with Crippen molar-refractivity contribution in [2.24, 2.45) is 0 Å². The molecule has 1 unspecified atom stereocenters. The third kappa shape index (κ3) is 6.12. The summed E-state index contributed by atoms with van der Waals surface area (Å²) in [6.07, 6.45) is 3.60. The van der Waals surface area contributed by atoms with Gasteiger partial charge in [-0.15, -0.1) is 10.2 Å². The largest absolute Gasteiger partial charge is 0.433 e. The number of para-hydroxylation sites is 3. The number of amides is 1. The molecule has 180 valence electrons. The van der Waals surface area contributed by atoms with E-state index in [0.717, 1.165) is 24.6 Å². The number of carbonyl (C=O) groups excluding carboxylic acids is 1. The Morgan fingerprint density at radius 3 is 2.50 bits per heavy atom. The van der Waals surface area contributed by atoms with Crippen LogP contribution in [-0.2, 0) is 11.3 Å². The molecule has 1 atom stereocenters. The minimum atomic E-state index is -2.98. The van der Waals surface area contributed by atoms with Gasteiger partial charge in [0, 0.05) is 5.69 Å². The van der Waals surface area contributed by atoms with Crippen LogP contribution in [-0.4, -0.2) is 50.5 Å². The molecule has 0 saturated carbocycles. The van der Waals surface area contributed by atoms with Crippen molar-refractivity contribution < 1.29 is 18.3 Å². The van der Waals surface area contributed by atoms with Gasteiger partial charge >= 0.3 is 6.61 Å². The maximum Gasteiger partial charge on any atom is 0.387 e. The second-order valence-electron chi connectivity index (χ2n) is 8.03. The first-order chi connectivity index (χ1) is 16.5. The number of alkyl halides is 2. The highest BCUT2D eigenvalue weighted by molar-refractivity contribution is 8.00. The highest BCUT2D eigenvalue weighted by Crippen LogP contribution is 2.30. The maximum atomic E-state index is 12.9. The van der Waals surface area contributed by atoms with Crippen LogP contribution in [0.1, 0.15) is 32.0 Å². The first-order valence-corrected chi connectivity index (χ1v) is 12.1. The van der Waals surface area contributed by atoms with Crippen LogP contribution in [0.2, 0.25) is 0 Å². The topological polar surface area (TPSA) is 72.3 Å². The molecule has 2 aromatic carbocycles. The van der Waals surface area contributed by atoms with Gasteiger partial charge in [-0.2, -0.15) is 8.78 Å². The van der Waals surface area contributed by atoms with E-state index in [1.807, 2.05) is 34.9 Å². The summed E-state index contributed by atoms with van der Waals surface area (Å²) in [6, 6.07) is 15.9. The van der Waals surface area contributed by atoms with Gasteiger partial charge in [-0.25, -0.2) is 0 Å². The van der Waals surface area contributed by atoms with E-state index in [-0.39, 0.29) is 17.3 Å². The fourth-order valence-corrected chi connectivity index (χ4v) is 4.73. The van der Waals surface area contributed by atoms with Crippen molar-refractivity contribution in [1.29, 1.82) is 0 Å². The standard InChI is InChI=1S/C24H27F2N5O2S/c1-17(22(32)27-19-12-6-7-13-20(19)33-23(25)26)34-24-29-28-21(16-30-14-8-3-9-15-30)31(24)18-10-4-2-5-11-18/h2,4-7,10-13,17,23H,3,8-9,14-16H2,1H3,(H,27,32). The van der Waals surface area contributed by atoms with Crippen LogP contribution in [0.15, 0.2) is 59.8 Å². The number of anilines is 1. The molecule has 1 fully saturated rings. The van der Waals surface area contributed by atoms with Gasteiger partial charge in [0.25, 0.3) is 0 Å². The van der Waals surface area contributed by atoms with E-state index in [1.54, 1.807) is 19.1 Å². The smallest absolute Gasteiger partial charge is 0.387 e. The number of halogens is 2. The van der Waals surface area contributed by atoms with Crippen LogP contribution in [0.3, 0.4) is 0 Å².